The van der Waals surface area contributed by atoms with Crippen molar-refractivity contribution >= 4 is 10.0 Å². The number of sulfonamides is 1. The van der Waals surface area contributed by atoms with Crippen LogP contribution in [0.2, 0.25) is 0 Å². The summed E-state index contributed by atoms with van der Waals surface area (Å²) >= 11 is 0. The van der Waals surface area contributed by atoms with E-state index in [-0.39, 0.29) is 11.5 Å². The number of nitrogens with two attached hydrogens (primary N) is 1. The van der Waals surface area contributed by atoms with Crippen LogP contribution in [0.4, 0.5) is 0 Å². The van der Waals surface area contributed by atoms with Crippen molar-refractivity contribution < 1.29 is 13.5 Å². The van der Waals surface area contributed by atoms with Crippen LogP contribution in [-0.2, 0) is 16.6 Å². The average Bonchev–Trinajstić information content (AvgIpc) is 2.63. The van der Waals surface area contributed by atoms with Crippen molar-refractivity contribution in [1.29, 1.82) is 0 Å². The maximum atomic E-state index is 10.8. The Bertz CT molecular complexity index is 826. The first-order valence-electron chi connectivity index (χ1n) is 7.34. The van der Waals surface area contributed by atoms with Crippen LogP contribution in [0.5, 0.6) is 0 Å². The van der Waals surface area contributed by atoms with E-state index in [1.54, 1.807) is 6.07 Å². The number of hydrogen-bond donors (Lipinski definition) is 2. The summed E-state index contributed by atoms with van der Waals surface area (Å²) in [5.74, 6) is 0. The van der Waals surface area contributed by atoms with Crippen molar-refractivity contribution in [2.75, 3.05) is 0 Å². The monoisotopic (exact) mass is 341 g/mol. The second-order valence-electron chi connectivity index (χ2n) is 5.08. The normalized spacial score (nSPS) is 10.6. The minimum Gasteiger partial charge on any atom is -0.392 e. The molecule has 5 heteroatoms. The summed E-state index contributed by atoms with van der Waals surface area (Å²) in [5, 5.41) is 13.6. The third-order valence-electron chi connectivity index (χ3n) is 3.29. The predicted molar refractivity (Wildman–Crippen MR) is 95.6 cm³/mol. The lowest BCUT2D eigenvalue weighted by Gasteiger charge is -1.99. The topological polar surface area (TPSA) is 80.4 Å². The number of rotatable bonds is 3. The Hall–Kier alpha value is -2.47. The van der Waals surface area contributed by atoms with Crippen molar-refractivity contribution in [3.8, 4) is 11.1 Å². The zero-order valence-electron chi connectivity index (χ0n) is 13.0. The lowest BCUT2D eigenvalue weighted by Crippen LogP contribution is -2.12. The molecule has 0 unspecified atom stereocenters. The summed E-state index contributed by atoms with van der Waals surface area (Å²) in [4.78, 5) is 0.0223. The smallest absolute Gasteiger partial charge is 0.238 e. The zero-order valence-corrected chi connectivity index (χ0v) is 13.9. The summed E-state index contributed by atoms with van der Waals surface area (Å²) in [6.07, 6.45) is 0. The van der Waals surface area contributed by atoms with Gasteiger partial charge in [-0.3, -0.25) is 0 Å². The highest BCUT2D eigenvalue weighted by Gasteiger charge is 2.06. The maximum Gasteiger partial charge on any atom is 0.238 e. The molecule has 0 aliphatic heterocycles. The quantitative estimate of drug-likeness (QED) is 0.768. The molecule has 3 rings (SSSR count). The van der Waals surface area contributed by atoms with Crippen LogP contribution in [0.1, 0.15) is 5.56 Å². The predicted octanol–water partition coefficient (Wildman–Crippen LogP) is 3.18. The first kappa shape index (κ1) is 17.9. The van der Waals surface area contributed by atoms with Crippen molar-refractivity contribution in [3.05, 3.63) is 90.5 Å². The molecule has 0 atom stereocenters. The molecule has 0 saturated carbocycles. The third kappa shape index (κ3) is 5.31. The molecule has 4 nitrogen and oxygen atoms in total. The minimum absolute atomic E-state index is 0.0223. The molecule has 0 spiro atoms. The number of primary sulfonamides is 1. The van der Waals surface area contributed by atoms with Crippen LogP contribution in [0.15, 0.2) is 89.8 Å². The highest BCUT2D eigenvalue weighted by Crippen LogP contribution is 2.17. The third-order valence-corrected chi connectivity index (χ3v) is 4.20. The van der Waals surface area contributed by atoms with Gasteiger partial charge in [0.15, 0.2) is 0 Å². The van der Waals surface area contributed by atoms with Gasteiger partial charge in [-0.15, -0.1) is 0 Å². The van der Waals surface area contributed by atoms with Gasteiger partial charge < -0.3 is 5.11 Å². The van der Waals surface area contributed by atoms with E-state index in [9.17, 15) is 8.42 Å². The van der Waals surface area contributed by atoms with E-state index >= 15 is 0 Å². The van der Waals surface area contributed by atoms with Gasteiger partial charge in [-0.05, 0) is 28.8 Å². The van der Waals surface area contributed by atoms with E-state index in [2.05, 4.69) is 48.5 Å². The van der Waals surface area contributed by atoms with Gasteiger partial charge in [0, 0.05) is 0 Å². The fourth-order valence-electron chi connectivity index (χ4n) is 2.08. The molecular weight excluding hydrogens is 322 g/mol. The Balaban J connectivity index is 0.000000174. The largest absolute Gasteiger partial charge is 0.392 e. The van der Waals surface area contributed by atoms with Gasteiger partial charge in [0.2, 0.25) is 10.0 Å². The summed E-state index contributed by atoms with van der Waals surface area (Å²) < 4.78 is 21.6. The summed E-state index contributed by atoms with van der Waals surface area (Å²) in [7, 11) is -3.65. The number of aliphatic hydroxyl groups is 1. The molecular formula is C19H19NO3S. The second kappa shape index (κ2) is 8.40. The molecule has 0 bridgehead atoms. The van der Waals surface area contributed by atoms with Crippen LogP contribution in [0.3, 0.4) is 0 Å². The second-order valence-corrected chi connectivity index (χ2v) is 6.64. The molecule has 0 heterocycles. The Labute approximate surface area is 142 Å². The van der Waals surface area contributed by atoms with E-state index in [1.165, 1.54) is 29.3 Å². The van der Waals surface area contributed by atoms with E-state index in [4.69, 9.17) is 10.2 Å². The van der Waals surface area contributed by atoms with Gasteiger partial charge >= 0.3 is 0 Å². The van der Waals surface area contributed by atoms with Crippen molar-refractivity contribution in [2.24, 2.45) is 5.14 Å². The lowest BCUT2D eigenvalue weighted by atomic mass is 10.1. The van der Waals surface area contributed by atoms with E-state index in [1.807, 2.05) is 12.1 Å². The molecule has 0 saturated heterocycles. The zero-order chi connectivity index (χ0) is 17.4. The molecule has 0 radical (unpaired) electrons. The Morgan fingerprint density at radius 2 is 1.25 bits per heavy atom. The number of hydrogen-bond acceptors (Lipinski definition) is 3. The van der Waals surface area contributed by atoms with Crippen molar-refractivity contribution in [3.63, 3.8) is 0 Å². The van der Waals surface area contributed by atoms with Crippen LogP contribution >= 0.6 is 0 Å². The van der Waals surface area contributed by atoms with Crippen LogP contribution in [-0.4, -0.2) is 13.5 Å². The van der Waals surface area contributed by atoms with Crippen molar-refractivity contribution in [2.45, 2.75) is 11.5 Å². The fourth-order valence-corrected chi connectivity index (χ4v) is 2.67. The molecule has 0 aliphatic rings. The molecule has 0 aliphatic carbocycles. The van der Waals surface area contributed by atoms with E-state index in [0.29, 0.717) is 5.56 Å². The van der Waals surface area contributed by atoms with Gasteiger partial charge in [-0.2, -0.15) is 0 Å². The van der Waals surface area contributed by atoms with Crippen LogP contribution < -0.4 is 5.14 Å². The molecule has 24 heavy (non-hydrogen) atoms. The summed E-state index contributed by atoms with van der Waals surface area (Å²) in [6, 6.07) is 26.7. The Morgan fingerprint density at radius 3 is 1.67 bits per heavy atom. The van der Waals surface area contributed by atoms with Crippen LogP contribution in [0, 0.1) is 0 Å². The fraction of sp³-hybridized carbons (Fsp3) is 0.0526. The van der Waals surface area contributed by atoms with Gasteiger partial charge in [0.05, 0.1) is 11.5 Å². The van der Waals surface area contributed by atoms with Gasteiger partial charge in [-0.1, -0.05) is 72.8 Å². The maximum absolute atomic E-state index is 10.8. The SMILES string of the molecule is NS(=O)(=O)c1cccc(CO)c1.c1ccc(-c2ccccc2)cc1. The highest BCUT2D eigenvalue weighted by molar-refractivity contribution is 7.89. The van der Waals surface area contributed by atoms with Gasteiger partial charge in [-0.25, -0.2) is 13.6 Å². The van der Waals surface area contributed by atoms with Gasteiger partial charge in [0.25, 0.3) is 0 Å². The van der Waals surface area contributed by atoms with Crippen molar-refractivity contribution in [1.82, 2.24) is 0 Å². The molecule has 0 amide bonds. The molecule has 0 aromatic heterocycles. The van der Waals surface area contributed by atoms with Gasteiger partial charge in [0.1, 0.15) is 0 Å². The van der Waals surface area contributed by atoms with Crippen LogP contribution in [0.25, 0.3) is 11.1 Å². The van der Waals surface area contributed by atoms with E-state index in [0.717, 1.165) is 0 Å². The Morgan fingerprint density at radius 1 is 0.750 bits per heavy atom. The standard InChI is InChI=1S/C12H10.C7H9NO3S/c1-3-7-11(8-4-1)12-9-5-2-6-10-12;8-12(10,11)7-3-1-2-6(4-7)5-9/h1-10H;1-4,9H,5H2,(H2,8,10,11). The first-order chi connectivity index (χ1) is 11.5. The molecule has 3 aromatic rings. The molecule has 124 valence electrons. The minimum atomic E-state index is -3.65. The number of aliphatic hydroxyl groups excluding tert-OH is 1. The van der Waals surface area contributed by atoms with E-state index < -0.39 is 10.0 Å². The number of benzene rings is 3. The lowest BCUT2D eigenvalue weighted by molar-refractivity contribution is 0.281. The average molecular weight is 341 g/mol. The molecule has 3 aromatic carbocycles. The summed E-state index contributed by atoms with van der Waals surface area (Å²) in [5.41, 5.74) is 3.08. The molecule has 3 N–H and O–H groups in total. The highest BCUT2D eigenvalue weighted by atomic mass is 32.2. The Kier molecular flexibility index (Phi) is 6.26. The summed E-state index contributed by atoms with van der Waals surface area (Å²) in [6.45, 7) is -0.191. The first-order valence-corrected chi connectivity index (χ1v) is 8.88. The molecule has 0 fully saturated rings.